The van der Waals surface area contributed by atoms with Crippen molar-refractivity contribution in [3.63, 3.8) is 0 Å². The summed E-state index contributed by atoms with van der Waals surface area (Å²) in [6, 6.07) is 2.73. The highest BCUT2D eigenvalue weighted by atomic mass is 35.5. The number of rotatable bonds is 4. The largest absolute Gasteiger partial charge is 0.308 e. The molecule has 1 saturated carbocycles. The second-order valence-corrected chi connectivity index (χ2v) is 5.04. The van der Waals surface area contributed by atoms with Crippen LogP contribution < -0.4 is 5.32 Å². The molecule has 90 valence electrons. The number of nitrogens with zero attached hydrogens (tertiary/aromatic N) is 2. The van der Waals surface area contributed by atoms with E-state index in [0.29, 0.717) is 12.0 Å². The summed E-state index contributed by atoms with van der Waals surface area (Å²) in [5.41, 5.74) is 2.33. The fourth-order valence-corrected chi connectivity index (χ4v) is 2.92. The predicted molar refractivity (Wildman–Crippen MR) is 66.6 cm³/mol. The fraction of sp³-hybridized carbons (Fsp3) is 0.750. The molecule has 1 fully saturated rings. The number of aryl methyl sites for hydroxylation is 2. The molecule has 2 rings (SSSR count). The van der Waals surface area contributed by atoms with Gasteiger partial charge >= 0.3 is 0 Å². The van der Waals surface area contributed by atoms with E-state index in [1.807, 2.05) is 18.7 Å². The molecule has 1 heterocycles. The quantitative estimate of drug-likeness (QED) is 0.820. The second-order valence-electron chi connectivity index (χ2n) is 4.73. The van der Waals surface area contributed by atoms with Gasteiger partial charge in [-0.05, 0) is 31.7 Å². The first-order valence-corrected chi connectivity index (χ1v) is 6.53. The van der Waals surface area contributed by atoms with E-state index >= 15 is 0 Å². The zero-order valence-corrected chi connectivity index (χ0v) is 10.8. The van der Waals surface area contributed by atoms with Crippen LogP contribution in [0.3, 0.4) is 0 Å². The van der Waals surface area contributed by atoms with Crippen molar-refractivity contribution in [2.75, 3.05) is 5.88 Å². The first-order valence-electron chi connectivity index (χ1n) is 5.99. The van der Waals surface area contributed by atoms with Gasteiger partial charge in [-0.2, -0.15) is 5.10 Å². The minimum atomic E-state index is 0.590. The molecule has 2 unspecified atom stereocenters. The Morgan fingerprint density at radius 2 is 2.38 bits per heavy atom. The van der Waals surface area contributed by atoms with Crippen molar-refractivity contribution in [3.8, 4) is 0 Å². The van der Waals surface area contributed by atoms with Crippen molar-refractivity contribution in [1.29, 1.82) is 0 Å². The van der Waals surface area contributed by atoms with Crippen molar-refractivity contribution >= 4 is 11.6 Å². The lowest BCUT2D eigenvalue weighted by molar-refractivity contribution is 0.423. The van der Waals surface area contributed by atoms with Gasteiger partial charge in [0.15, 0.2) is 0 Å². The van der Waals surface area contributed by atoms with Crippen LogP contribution in [0.1, 0.15) is 30.7 Å². The Labute approximate surface area is 102 Å². The smallest absolute Gasteiger partial charge is 0.0597 e. The minimum Gasteiger partial charge on any atom is -0.308 e. The number of hydrogen-bond donors (Lipinski definition) is 1. The van der Waals surface area contributed by atoms with Crippen LogP contribution in [0.5, 0.6) is 0 Å². The number of halogens is 1. The Bertz CT molecular complexity index is 348. The Hall–Kier alpha value is -0.540. The lowest BCUT2D eigenvalue weighted by Crippen LogP contribution is -2.33. The van der Waals surface area contributed by atoms with Crippen molar-refractivity contribution in [2.45, 2.75) is 38.8 Å². The van der Waals surface area contributed by atoms with E-state index in [9.17, 15) is 0 Å². The Morgan fingerprint density at radius 3 is 3.00 bits per heavy atom. The summed E-state index contributed by atoms with van der Waals surface area (Å²) in [6.45, 7) is 2.93. The van der Waals surface area contributed by atoms with Crippen LogP contribution in [0.15, 0.2) is 6.07 Å². The molecule has 0 aliphatic heterocycles. The van der Waals surface area contributed by atoms with Gasteiger partial charge in [0, 0.05) is 25.5 Å². The SMILES string of the molecule is Cc1cc(CNC2CCCC2CCl)n(C)n1. The first kappa shape index (κ1) is 11.9. The van der Waals surface area contributed by atoms with Crippen molar-refractivity contribution in [3.05, 3.63) is 17.5 Å². The van der Waals surface area contributed by atoms with Crippen LogP contribution in [-0.2, 0) is 13.6 Å². The molecule has 0 spiro atoms. The molecule has 3 nitrogen and oxygen atoms in total. The molecule has 1 aliphatic carbocycles. The number of hydrogen-bond acceptors (Lipinski definition) is 2. The van der Waals surface area contributed by atoms with Gasteiger partial charge in [0.2, 0.25) is 0 Å². The summed E-state index contributed by atoms with van der Waals surface area (Å²) in [6.07, 6.45) is 3.83. The van der Waals surface area contributed by atoms with Crippen LogP contribution in [-0.4, -0.2) is 21.7 Å². The monoisotopic (exact) mass is 241 g/mol. The maximum atomic E-state index is 5.96. The molecule has 0 bridgehead atoms. The van der Waals surface area contributed by atoms with E-state index in [4.69, 9.17) is 11.6 Å². The van der Waals surface area contributed by atoms with Crippen LogP contribution in [0, 0.1) is 12.8 Å². The standard InChI is InChI=1S/C12H20ClN3/c1-9-6-11(16(2)15-9)8-14-12-5-3-4-10(12)7-13/h6,10,12,14H,3-5,7-8H2,1-2H3. The molecule has 1 aromatic heterocycles. The maximum Gasteiger partial charge on any atom is 0.0597 e. The summed E-state index contributed by atoms with van der Waals surface area (Å²) in [5, 5.41) is 7.95. The summed E-state index contributed by atoms with van der Waals surface area (Å²) in [5.74, 6) is 1.43. The summed E-state index contributed by atoms with van der Waals surface area (Å²) in [4.78, 5) is 0. The van der Waals surface area contributed by atoms with Crippen LogP contribution >= 0.6 is 11.6 Å². The highest BCUT2D eigenvalue weighted by molar-refractivity contribution is 6.18. The summed E-state index contributed by atoms with van der Waals surface area (Å²) >= 11 is 5.96. The average molecular weight is 242 g/mol. The number of alkyl halides is 1. The predicted octanol–water partition coefficient (Wildman–Crippen LogP) is 2.23. The molecule has 0 amide bonds. The van der Waals surface area contributed by atoms with Crippen molar-refractivity contribution in [2.24, 2.45) is 13.0 Å². The lowest BCUT2D eigenvalue weighted by atomic mass is 10.1. The van der Waals surface area contributed by atoms with Crippen LogP contribution in [0.4, 0.5) is 0 Å². The van der Waals surface area contributed by atoms with Gasteiger partial charge in [0.1, 0.15) is 0 Å². The molecule has 2 atom stereocenters. The third-order valence-electron chi connectivity index (χ3n) is 3.50. The zero-order valence-electron chi connectivity index (χ0n) is 10.0. The first-order chi connectivity index (χ1) is 7.70. The number of aromatic nitrogens is 2. The summed E-state index contributed by atoms with van der Waals surface area (Å²) in [7, 11) is 2.00. The topological polar surface area (TPSA) is 29.9 Å². The fourth-order valence-electron chi connectivity index (χ4n) is 2.56. The zero-order chi connectivity index (χ0) is 11.5. The van der Waals surface area contributed by atoms with Gasteiger partial charge in [-0.25, -0.2) is 0 Å². The van der Waals surface area contributed by atoms with Gasteiger partial charge in [0.05, 0.1) is 11.4 Å². The Morgan fingerprint density at radius 1 is 1.56 bits per heavy atom. The van der Waals surface area contributed by atoms with Crippen LogP contribution in [0.25, 0.3) is 0 Å². The molecule has 1 aliphatic rings. The van der Waals surface area contributed by atoms with E-state index in [0.717, 1.165) is 18.1 Å². The van der Waals surface area contributed by atoms with Gasteiger partial charge in [-0.3, -0.25) is 4.68 Å². The van der Waals surface area contributed by atoms with Gasteiger partial charge in [-0.1, -0.05) is 6.42 Å². The van der Waals surface area contributed by atoms with Crippen molar-refractivity contribution in [1.82, 2.24) is 15.1 Å². The third kappa shape index (κ3) is 2.58. The van der Waals surface area contributed by atoms with E-state index in [1.54, 1.807) is 0 Å². The molecular formula is C12H20ClN3. The van der Waals surface area contributed by atoms with E-state index in [1.165, 1.54) is 25.0 Å². The highest BCUT2D eigenvalue weighted by Crippen LogP contribution is 2.26. The Kier molecular flexibility index (Phi) is 3.87. The molecule has 0 aromatic carbocycles. The third-order valence-corrected chi connectivity index (χ3v) is 3.90. The normalized spacial score (nSPS) is 25.2. The number of nitrogens with one attached hydrogen (secondary N) is 1. The van der Waals surface area contributed by atoms with Gasteiger partial charge in [-0.15, -0.1) is 11.6 Å². The average Bonchev–Trinajstić information content (AvgIpc) is 2.81. The molecular weight excluding hydrogens is 222 g/mol. The van der Waals surface area contributed by atoms with Crippen LogP contribution in [0.2, 0.25) is 0 Å². The summed E-state index contributed by atoms with van der Waals surface area (Å²) < 4.78 is 1.95. The molecule has 1 aromatic rings. The Balaban J connectivity index is 1.89. The molecule has 16 heavy (non-hydrogen) atoms. The second kappa shape index (κ2) is 5.19. The van der Waals surface area contributed by atoms with Crippen molar-refractivity contribution < 1.29 is 0 Å². The van der Waals surface area contributed by atoms with E-state index in [-0.39, 0.29) is 0 Å². The van der Waals surface area contributed by atoms with E-state index in [2.05, 4.69) is 16.5 Å². The molecule has 0 radical (unpaired) electrons. The molecule has 1 N–H and O–H groups in total. The lowest BCUT2D eigenvalue weighted by Gasteiger charge is -2.18. The van der Waals surface area contributed by atoms with Gasteiger partial charge in [0.25, 0.3) is 0 Å². The molecule has 0 saturated heterocycles. The van der Waals surface area contributed by atoms with Gasteiger partial charge < -0.3 is 5.32 Å². The minimum absolute atomic E-state index is 0.590. The maximum absolute atomic E-state index is 5.96. The van der Waals surface area contributed by atoms with E-state index < -0.39 is 0 Å². The highest BCUT2D eigenvalue weighted by Gasteiger charge is 2.25. The molecule has 4 heteroatoms.